The SMILES string of the molecule is CCN1C(=O)/C(=C\c2cccc(OCC(=O)OC)c2)SC1=Nc1ccc(F)cc1. The third kappa shape index (κ3) is 5.23. The number of amidine groups is 1. The fourth-order valence-electron chi connectivity index (χ4n) is 2.54. The van der Waals surface area contributed by atoms with Crippen molar-refractivity contribution in [1.82, 2.24) is 4.90 Å². The molecule has 2 aromatic rings. The highest BCUT2D eigenvalue weighted by atomic mass is 32.2. The van der Waals surface area contributed by atoms with Crippen LogP contribution >= 0.6 is 11.8 Å². The van der Waals surface area contributed by atoms with Crippen LogP contribution in [0.4, 0.5) is 10.1 Å². The first-order valence-corrected chi connectivity index (χ1v) is 9.67. The van der Waals surface area contributed by atoms with E-state index >= 15 is 0 Å². The maximum Gasteiger partial charge on any atom is 0.343 e. The number of hydrogen-bond acceptors (Lipinski definition) is 6. The molecule has 0 radical (unpaired) electrons. The summed E-state index contributed by atoms with van der Waals surface area (Å²) in [6, 6.07) is 12.8. The summed E-state index contributed by atoms with van der Waals surface area (Å²) in [5.74, 6) is -0.478. The molecule has 150 valence electrons. The Bertz CT molecular complexity index is 973. The summed E-state index contributed by atoms with van der Waals surface area (Å²) in [4.78, 5) is 30.5. The zero-order valence-corrected chi connectivity index (χ0v) is 16.7. The number of aliphatic imine (C=N–C) groups is 1. The highest BCUT2D eigenvalue weighted by Crippen LogP contribution is 2.34. The fraction of sp³-hybridized carbons (Fsp3) is 0.190. The molecule has 2 aromatic carbocycles. The molecular weight excluding hydrogens is 395 g/mol. The minimum atomic E-state index is -0.476. The van der Waals surface area contributed by atoms with Gasteiger partial charge < -0.3 is 9.47 Å². The van der Waals surface area contributed by atoms with Crippen LogP contribution < -0.4 is 4.74 Å². The smallest absolute Gasteiger partial charge is 0.343 e. The standard InChI is InChI=1S/C21H19FN2O4S/c1-3-24-20(26)18(29-21(24)23-16-9-7-15(22)8-10-16)12-14-5-4-6-17(11-14)28-13-19(25)27-2/h4-12H,3,13H2,1-2H3/b18-12+,23-21?. The molecule has 0 aliphatic carbocycles. The lowest BCUT2D eigenvalue weighted by Crippen LogP contribution is -2.28. The van der Waals surface area contributed by atoms with Gasteiger partial charge in [-0.05, 0) is 66.7 Å². The van der Waals surface area contributed by atoms with Gasteiger partial charge in [-0.2, -0.15) is 0 Å². The van der Waals surface area contributed by atoms with Crippen molar-refractivity contribution in [2.45, 2.75) is 6.92 Å². The first-order valence-electron chi connectivity index (χ1n) is 8.85. The van der Waals surface area contributed by atoms with Gasteiger partial charge >= 0.3 is 5.97 Å². The van der Waals surface area contributed by atoms with Crippen LogP contribution in [-0.4, -0.2) is 42.2 Å². The van der Waals surface area contributed by atoms with Crippen molar-refractivity contribution in [2.75, 3.05) is 20.3 Å². The van der Waals surface area contributed by atoms with E-state index in [4.69, 9.17) is 4.74 Å². The second-order valence-electron chi connectivity index (χ2n) is 5.97. The van der Waals surface area contributed by atoms with Gasteiger partial charge in [0, 0.05) is 6.54 Å². The fourth-order valence-corrected chi connectivity index (χ4v) is 3.61. The number of thioether (sulfide) groups is 1. The number of methoxy groups -OCH3 is 1. The molecular formula is C21H19FN2O4S. The van der Waals surface area contributed by atoms with E-state index in [-0.39, 0.29) is 18.3 Å². The van der Waals surface area contributed by atoms with Gasteiger partial charge in [0.15, 0.2) is 11.8 Å². The van der Waals surface area contributed by atoms with Crippen molar-refractivity contribution in [3.63, 3.8) is 0 Å². The largest absolute Gasteiger partial charge is 0.482 e. The number of carbonyl (C=O) groups excluding carboxylic acids is 2. The lowest BCUT2D eigenvalue weighted by atomic mass is 10.2. The molecule has 0 unspecified atom stereocenters. The second-order valence-corrected chi connectivity index (χ2v) is 6.98. The molecule has 0 bridgehead atoms. The van der Waals surface area contributed by atoms with Crippen LogP contribution in [0.2, 0.25) is 0 Å². The zero-order chi connectivity index (χ0) is 20.8. The van der Waals surface area contributed by atoms with Gasteiger partial charge in [0.05, 0.1) is 17.7 Å². The maximum absolute atomic E-state index is 13.1. The molecule has 1 saturated heterocycles. The van der Waals surface area contributed by atoms with Gasteiger partial charge in [-0.15, -0.1) is 0 Å². The summed E-state index contributed by atoms with van der Waals surface area (Å²) >= 11 is 1.25. The van der Waals surface area contributed by atoms with Crippen molar-refractivity contribution >= 4 is 40.6 Å². The monoisotopic (exact) mass is 414 g/mol. The number of ether oxygens (including phenoxy) is 2. The molecule has 0 atom stereocenters. The van der Waals surface area contributed by atoms with Crippen molar-refractivity contribution in [3.8, 4) is 5.75 Å². The van der Waals surface area contributed by atoms with E-state index < -0.39 is 5.97 Å². The second kappa shape index (κ2) is 9.38. The molecule has 1 fully saturated rings. The number of halogens is 1. The molecule has 6 nitrogen and oxygen atoms in total. The quantitative estimate of drug-likeness (QED) is 0.528. The molecule has 8 heteroatoms. The molecule has 1 heterocycles. The minimum Gasteiger partial charge on any atom is -0.482 e. The van der Waals surface area contributed by atoms with E-state index in [1.165, 1.54) is 31.0 Å². The number of nitrogens with zero attached hydrogens (tertiary/aromatic N) is 2. The van der Waals surface area contributed by atoms with Crippen LogP contribution in [0.1, 0.15) is 12.5 Å². The van der Waals surface area contributed by atoms with Gasteiger partial charge in [0.1, 0.15) is 11.6 Å². The van der Waals surface area contributed by atoms with E-state index in [1.807, 2.05) is 13.0 Å². The number of rotatable bonds is 6. The highest BCUT2D eigenvalue weighted by molar-refractivity contribution is 8.18. The lowest BCUT2D eigenvalue weighted by molar-refractivity contribution is -0.142. The highest BCUT2D eigenvalue weighted by Gasteiger charge is 2.32. The number of benzene rings is 2. The van der Waals surface area contributed by atoms with Crippen molar-refractivity contribution < 1.29 is 23.5 Å². The van der Waals surface area contributed by atoms with Gasteiger partial charge in [0.25, 0.3) is 5.91 Å². The molecule has 3 rings (SSSR count). The minimum absolute atomic E-state index is 0.153. The van der Waals surface area contributed by atoms with Crippen LogP contribution in [-0.2, 0) is 14.3 Å². The van der Waals surface area contributed by atoms with Gasteiger partial charge in [-0.3, -0.25) is 9.69 Å². The first-order chi connectivity index (χ1) is 14.0. The maximum atomic E-state index is 13.1. The molecule has 1 aliphatic heterocycles. The Morgan fingerprint density at radius 2 is 2.00 bits per heavy atom. The van der Waals surface area contributed by atoms with Crippen molar-refractivity contribution in [1.29, 1.82) is 0 Å². The van der Waals surface area contributed by atoms with Crippen molar-refractivity contribution in [3.05, 3.63) is 64.8 Å². The Morgan fingerprint density at radius 3 is 2.69 bits per heavy atom. The zero-order valence-electron chi connectivity index (χ0n) is 15.9. The van der Waals surface area contributed by atoms with Crippen LogP contribution in [0.25, 0.3) is 6.08 Å². The topological polar surface area (TPSA) is 68.2 Å². The van der Waals surface area contributed by atoms with Crippen LogP contribution in [0.5, 0.6) is 5.75 Å². The molecule has 0 aromatic heterocycles. The van der Waals surface area contributed by atoms with Crippen LogP contribution in [0.3, 0.4) is 0 Å². The number of hydrogen-bond donors (Lipinski definition) is 0. The Labute approximate surface area is 172 Å². The Morgan fingerprint density at radius 1 is 1.24 bits per heavy atom. The number of esters is 1. The average molecular weight is 414 g/mol. The van der Waals surface area contributed by atoms with Crippen LogP contribution in [0, 0.1) is 5.82 Å². The normalized spacial score (nSPS) is 16.5. The number of likely N-dealkylation sites (N-methyl/N-ethyl adjacent to an activating group) is 1. The number of carbonyl (C=O) groups is 2. The molecule has 29 heavy (non-hydrogen) atoms. The Balaban J connectivity index is 1.81. The molecule has 1 amide bonds. The molecule has 1 aliphatic rings. The van der Waals surface area contributed by atoms with E-state index in [0.29, 0.717) is 28.1 Å². The Hall–Kier alpha value is -3.13. The summed E-state index contributed by atoms with van der Waals surface area (Å²) < 4.78 is 23.0. The predicted octanol–water partition coefficient (Wildman–Crippen LogP) is 4.00. The molecule has 0 N–H and O–H groups in total. The predicted molar refractivity (Wildman–Crippen MR) is 110 cm³/mol. The van der Waals surface area contributed by atoms with E-state index in [2.05, 4.69) is 9.73 Å². The summed E-state index contributed by atoms with van der Waals surface area (Å²) in [5, 5.41) is 0.536. The van der Waals surface area contributed by atoms with Gasteiger partial charge in [0.2, 0.25) is 0 Å². The first kappa shape index (κ1) is 20.6. The van der Waals surface area contributed by atoms with Crippen molar-refractivity contribution in [2.24, 2.45) is 4.99 Å². The van der Waals surface area contributed by atoms with Crippen LogP contribution in [0.15, 0.2) is 58.4 Å². The summed E-state index contributed by atoms with van der Waals surface area (Å²) in [7, 11) is 1.29. The third-order valence-corrected chi connectivity index (χ3v) is 5.00. The lowest BCUT2D eigenvalue weighted by Gasteiger charge is -2.11. The third-order valence-electron chi connectivity index (χ3n) is 4.00. The van der Waals surface area contributed by atoms with E-state index in [0.717, 1.165) is 5.56 Å². The summed E-state index contributed by atoms with van der Waals surface area (Å²) in [5.41, 5.74) is 1.32. The van der Waals surface area contributed by atoms with Gasteiger partial charge in [-0.25, -0.2) is 14.2 Å². The summed E-state index contributed by atoms with van der Waals surface area (Å²) in [6.07, 6.45) is 1.74. The van der Waals surface area contributed by atoms with E-state index in [9.17, 15) is 14.0 Å². The Kier molecular flexibility index (Phi) is 6.66. The number of amides is 1. The molecule has 0 spiro atoms. The van der Waals surface area contributed by atoms with Gasteiger partial charge in [-0.1, -0.05) is 12.1 Å². The molecule has 0 saturated carbocycles. The average Bonchev–Trinajstić information content (AvgIpc) is 3.02. The van der Waals surface area contributed by atoms with E-state index in [1.54, 1.807) is 41.3 Å². The summed E-state index contributed by atoms with van der Waals surface area (Å²) in [6.45, 7) is 2.14.